The van der Waals surface area contributed by atoms with Gasteiger partial charge in [0.1, 0.15) is 0 Å². The summed E-state index contributed by atoms with van der Waals surface area (Å²) in [6.45, 7) is 2.13. The van der Waals surface area contributed by atoms with Crippen LogP contribution >= 0.6 is 22.9 Å². The molecule has 1 spiro atoms. The summed E-state index contributed by atoms with van der Waals surface area (Å²) in [6.07, 6.45) is 3.40. The van der Waals surface area contributed by atoms with E-state index in [9.17, 15) is 4.79 Å². The van der Waals surface area contributed by atoms with Crippen molar-refractivity contribution in [1.82, 2.24) is 5.32 Å². The van der Waals surface area contributed by atoms with E-state index in [1.54, 1.807) is 0 Å². The van der Waals surface area contributed by atoms with E-state index in [0.29, 0.717) is 15.5 Å². The number of carbonyl (C=O) groups is 1. The predicted molar refractivity (Wildman–Crippen MR) is 66.3 cm³/mol. The van der Waals surface area contributed by atoms with Crippen LogP contribution in [0.2, 0.25) is 4.34 Å². The first-order chi connectivity index (χ1) is 7.71. The second-order valence-electron chi connectivity index (χ2n) is 4.84. The summed E-state index contributed by atoms with van der Waals surface area (Å²) in [7, 11) is 0. The smallest absolute Gasteiger partial charge is 0.176 e. The Balaban J connectivity index is 1.74. The summed E-state index contributed by atoms with van der Waals surface area (Å²) in [4.78, 5) is 13.1. The van der Waals surface area contributed by atoms with Gasteiger partial charge in [-0.3, -0.25) is 4.79 Å². The lowest BCUT2D eigenvalue weighted by atomic mass is 9.90. The van der Waals surface area contributed by atoms with Crippen LogP contribution in [0.5, 0.6) is 0 Å². The monoisotopic (exact) mass is 255 g/mol. The molecule has 86 valence electrons. The Morgan fingerprint density at radius 2 is 2.19 bits per heavy atom. The second-order valence-corrected chi connectivity index (χ2v) is 6.55. The molecule has 4 heteroatoms. The van der Waals surface area contributed by atoms with Crippen LogP contribution in [-0.4, -0.2) is 18.9 Å². The number of carbonyl (C=O) groups excluding carboxylic acids is 1. The van der Waals surface area contributed by atoms with Crippen LogP contribution in [0.4, 0.5) is 0 Å². The highest BCUT2D eigenvalue weighted by Crippen LogP contribution is 2.59. The van der Waals surface area contributed by atoms with E-state index in [0.717, 1.165) is 37.2 Å². The third kappa shape index (κ3) is 1.71. The van der Waals surface area contributed by atoms with Gasteiger partial charge in [0.15, 0.2) is 5.78 Å². The third-order valence-corrected chi connectivity index (χ3v) is 5.17. The fourth-order valence-corrected chi connectivity index (χ4v) is 3.85. The third-order valence-electron chi connectivity index (χ3n) is 3.92. The van der Waals surface area contributed by atoms with Crippen LogP contribution in [0.1, 0.15) is 28.9 Å². The number of halogens is 1. The van der Waals surface area contributed by atoms with Crippen LogP contribution < -0.4 is 5.32 Å². The number of piperidine rings is 1. The molecule has 16 heavy (non-hydrogen) atoms. The minimum atomic E-state index is 0.268. The van der Waals surface area contributed by atoms with Gasteiger partial charge in [0.05, 0.1) is 9.21 Å². The van der Waals surface area contributed by atoms with E-state index in [2.05, 4.69) is 5.32 Å². The van der Waals surface area contributed by atoms with Gasteiger partial charge in [0.25, 0.3) is 0 Å². The largest absolute Gasteiger partial charge is 0.317 e. The maximum Gasteiger partial charge on any atom is 0.176 e. The number of ketones is 1. The van der Waals surface area contributed by atoms with Crippen molar-refractivity contribution < 1.29 is 4.79 Å². The van der Waals surface area contributed by atoms with Crippen molar-refractivity contribution in [3.8, 4) is 0 Å². The highest BCUT2D eigenvalue weighted by Gasteiger charge is 2.57. The van der Waals surface area contributed by atoms with Crippen LogP contribution in [0.25, 0.3) is 0 Å². The zero-order valence-electron chi connectivity index (χ0n) is 8.96. The first-order valence-electron chi connectivity index (χ1n) is 5.72. The van der Waals surface area contributed by atoms with E-state index in [1.165, 1.54) is 11.3 Å². The van der Waals surface area contributed by atoms with Crippen molar-refractivity contribution in [2.24, 2.45) is 11.3 Å². The molecule has 0 radical (unpaired) electrons. The Morgan fingerprint density at radius 3 is 2.81 bits per heavy atom. The molecule has 0 aromatic carbocycles. The number of nitrogens with one attached hydrogen (secondary N) is 1. The lowest BCUT2D eigenvalue weighted by Gasteiger charge is -2.22. The fraction of sp³-hybridized carbons (Fsp3) is 0.583. The second kappa shape index (κ2) is 3.83. The molecule has 1 aliphatic carbocycles. The van der Waals surface area contributed by atoms with E-state index in [4.69, 9.17) is 11.6 Å². The SMILES string of the molecule is O=C(c1ccc(Cl)s1)C1CC12CCNCC2. The van der Waals surface area contributed by atoms with E-state index in [1.807, 2.05) is 12.1 Å². The van der Waals surface area contributed by atoms with Crippen molar-refractivity contribution in [2.75, 3.05) is 13.1 Å². The first kappa shape index (κ1) is 10.8. The molecule has 2 nitrogen and oxygen atoms in total. The van der Waals surface area contributed by atoms with Gasteiger partial charge in [-0.1, -0.05) is 11.6 Å². The Morgan fingerprint density at radius 1 is 1.44 bits per heavy atom. The van der Waals surface area contributed by atoms with Crippen molar-refractivity contribution in [1.29, 1.82) is 0 Å². The van der Waals surface area contributed by atoms with Crippen LogP contribution in [0, 0.1) is 11.3 Å². The van der Waals surface area contributed by atoms with Gasteiger partial charge in [0.2, 0.25) is 0 Å². The summed E-state index contributed by atoms with van der Waals surface area (Å²) in [5.74, 6) is 0.586. The summed E-state index contributed by atoms with van der Waals surface area (Å²) in [5.41, 5.74) is 0.332. The average Bonchev–Trinajstić information content (AvgIpc) is 2.79. The zero-order valence-corrected chi connectivity index (χ0v) is 10.5. The molecule has 1 saturated carbocycles. The Kier molecular flexibility index (Phi) is 2.57. The normalized spacial score (nSPS) is 26.9. The molecule has 1 saturated heterocycles. The maximum absolute atomic E-state index is 12.2. The van der Waals surface area contributed by atoms with Crippen molar-refractivity contribution >= 4 is 28.7 Å². The van der Waals surface area contributed by atoms with Gasteiger partial charge in [0, 0.05) is 5.92 Å². The van der Waals surface area contributed by atoms with Crippen LogP contribution in [-0.2, 0) is 0 Å². The van der Waals surface area contributed by atoms with E-state index < -0.39 is 0 Å². The zero-order chi connectivity index (χ0) is 11.2. The van der Waals surface area contributed by atoms with Crippen LogP contribution in [0.15, 0.2) is 12.1 Å². The molecule has 2 fully saturated rings. The van der Waals surface area contributed by atoms with Crippen molar-refractivity contribution in [2.45, 2.75) is 19.3 Å². The molecule has 1 aliphatic heterocycles. The van der Waals surface area contributed by atoms with Crippen LogP contribution in [0.3, 0.4) is 0 Å². The number of hydrogen-bond donors (Lipinski definition) is 1. The van der Waals surface area contributed by atoms with Gasteiger partial charge in [-0.2, -0.15) is 0 Å². The minimum absolute atomic E-state index is 0.268. The molecule has 2 aliphatic rings. The maximum atomic E-state index is 12.2. The summed E-state index contributed by atoms with van der Waals surface area (Å²) in [5, 5.41) is 3.35. The fourth-order valence-electron chi connectivity index (χ4n) is 2.81. The van der Waals surface area contributed by atoms with Gasteiger partial charge in [-0.15, -0.1) is 11.3 Å². The molecular weight excluding hydrogens is 242 g/mol. The highest BCUT2D eigenvalue weighted by molar-refractivity contribution is 7.18. The molecule has 1 N–H and O–H groups in total. The summed E-state index contributed by atoms with van der Waals surface area (Å²) < 4.78 is 0.711. The number of rotatable bonds is 2. The van der Waals surface area contributed by atoms with Gasteiger partial charge < -0.3 is 5.32 Å². The highest BCUT2D eigenvalue weighted by atomic mass is 35.5. The van der Waals surface area contributed by atoms with E-state index in [-0.39, 0.29) is 5.92 Å². The lowest BCUT2D eigenvalue weighted by molar-refractivity contribution is 0.0945. The predicted octanol–water partition coefficient (Wildman–Crippen LogP) is 2.97. The van der Waals surface area contributed by atoms with E-state index >= 15 is 0 Å². The van der Waals surface area contributed by atoms with Crippen molar-refractivity contribution in [3.05, 3.63) is 21.3 Å². The summed E-state index contributed by atoms with van der Waals surface area (Å²) in [6, 6.07) is 3.68. The number of Topliss-reactive ketones (excluding diaryl/α,β-unsaturated/α-hetero) is 1. The molecule has 1 aromatic heterocycles. The molecule has 1 aromatic rings. The first-order valence-corrected chi connectivity index (χ1v) is 6.91. The summed E-state index contributed by atoms with van der Waals surface area (Å²) >= 11 is 7.27. The lowest BCUT2D eigenvalue weighted by Crippen LogP contribution is -2.30. The minimum Gasteiger partial charge on any atom is -0.317 e. The van der Waals surface area contributed by atoms with Crippen molar-refractivity contribution in [3.63, 3.8) is 0 Å². The van der Waals surface area contributed by atoms with Gasteiger partial charge in [-0.05, 0) is 49.9 Å². The quantitative estimate of drug-likeness (QED) is 0.824. The van der Waals surface area contributed by atoms with Gasteiger partial charge in [-0.25, -0.2) is 0 Å². The molecule has 0 bridgehead atoms. The number of hydrogen-bond acceptors (Lipinski definition) is 3. The molecule has 1 unspecified atom stereocenters. The topological polar surface area (TPSA) is 29.1 Å². The molecule has 3 rings (SSSR count). The Labute approximate surface area is 104 Å². The number of thiophene rings is 1. The molecular formula is C12H14ClNOS. The Bertz CT molecular complexity index is 422. The average molecular weight is 256 g/mol. The molecule has 1 atom stereocenters. The molecule has 2 heterocycles. The standard InChI is InChI=1S/C12H14ClNOS/c13-10-2-1-9(16-10)11(15)8-7-12(8)3-5-14-6-4-12/h1-2,8,14H,3-7H2. The molecule has 0 amide bonds. The Hall–Kier alpha value is -0.380. The van der Waals surface area contributed by atoms with Gasteiger partial charge >= 0.3 is 0 Å².